The quantitative estimate of drug-likeness (QED) is 0.307. The Morgan fingerprint density at radius 1 is 1.15 bits per heavy atom. The van der Waals surface area contributed by atoms with Crippen molar-refractivity contribution < 1.29 is 23.8 Å². The van der Waals surface area contributed by atoms with Crippen molar-refractivity contribution in [3.05, 3.63) is 101 Å². The van der Waals surface area contributed by atoms with Gasteiger partial charge in [-0.2, -0.15) is 0 Å². The molecule has 1 unspecified atom stereocenters. The predicted octanol–water partition coefficient (Wildman–Crippen LogP) is 4.94. The number of amides is 1. The summed E-state index contributed by atoms with van der Waals surface area (Å²) >= 11 is 0. The smallest absolute Gasteiger partial charge is 0.295 e. The number of ketones is 1. The van der Waals surface area contributed by atoms with E-state index in [4.69, 9.17) is 4.74 Å². The maximum absolute atomic E-state index is 14.2. The minimum absolute atomic E-state index is 0.0839. The molecule has 0 saturated carbocycles. The second-order valence-electron chi connectivity index (χ2n) is 8.17. The van der Waals surface area contributed by atoms with E-state index in [1.807, 2.05) is 6.92 Å². The van der Waals surface area contributed by atoms with E-state index in [1.165, 1.54) is 17.0 Å². The Hall–Kier alpha value is -4.00. The van der Waals surface area contributed by atoms with Gasteiger partial charge in [0, 0.05) is 24.5 Å². The maximum atomic E-state index is 14.2. The van der Waals surface area contributed by atoms with Crippen LogP contribution < -0.4 is 4.74 Å². The number of ether oxygens (including phenoxy) is 1. The van der Waals surface area contributed by atoms with Gasteiger partial charge in [-0.3, -0.25) is 14.6 Å². The number of nitrogens with zero attached hydrogens (tertiary/aromatic N) is 2. The molecule has 1 N–H and O–H groups in total. The number of benzene rings is 2. The molecule has 1 fully saturated rings. The molecule has 1 aliphatic heterocycles. The minimum atomic E-state index is -0.857. The van der Waals surface area contributed by atoms with Crippen molar-refractivity contribution >= 4 is 17.4 Å². The van der Waals surface area contributed by atoms with Crippen LogP contribution in [0.5, 0.6) is 5.75 Å². The number of carbonyl (C=O) groups excluding carboxylic acids is 2. The summed E-state index contributed by atoms with van der Waals surface area (Å²) in [5, 5.41) is 11.1. The van der Waals surface area contributed by atoms with Crippen molar-refractivity contribution in [3.63, 3.8) is 0 Å². The Labute approximate surface area is 197 Å². The third-order valence-corrected chi connectivity index (χ3v) is 5.73. The highest BCUT2D eigenvalue weighted by atomic mass is 19.1. The van der Waals surface area contributed by atoms with E-state index in [-0.39, 0.29) is 17.7 Å². The first-order valence-corrected chi connectivity index (χ1v) is 11.1. The van der Waals surface area contributed by atoms with E-state index < -0.39 is 29.3 Å². The van der Waals surface area contributed by atoms with Crippen LogP contribution in [0.2, 0.25) is 0 Å². The van der Waals surface area contributed by atoms with Gasteiger partial charge in [0.05, 0.1) is 18.2 Å². The molecule has 1 atom stereocenters. The SMILES string of the molecule is CCCOc1ccc(C2/C(=C(\O)c3ccc(C)c(F)c3)C(=O)C(=O)N2Cc2cccnc2)cc1. The van der Waals surface area contributed by atoms with Crippen molar-refractivity contribution in [1.82, 2.24) is 9.88 Å². The first-order chi connectivity index (χ1) is 16.4. The summed E-state index contributed by atoms with van der Waals surface area (Å²) in [5.74, 6) is -1.83. The topological polar surface area (TPSA) is 79.7 Å². The monoisotopic (exact) mass is 460 g/mol. The van der Waals surface area contributed by atoms with Crippen molar-refractivity contribution in [2.45, 2.75) is 32.9 Å². The highest BCUT2D eigenvalue weighted by Crippen LogP contribution is 2.40. The summed E-state index contributed by atoms with van der Waals surface area (Å²) in [6, 6.07) is 14.0. The van der Waals surface area contributed by atoms with Crippen molar-refractivity contribution in [2.24, 2.45) is 0 Å². The number of aryl methyl sites for hydroxylation is 1. The number of pyridine rings is 1. The number of likely N-dealkylation sites (tertiary alicyclic amines) is 1. The molecule has 0 radical (unpaired) electrons. The van der Waals surface area contributed by atoms with Gasteiger partial charge in [0.1, 0.15) is 17.3 Å². The van der Waals surface area contributed by atoms with Crippen LogP contribution in [0.3, 0.4) is 0 Å². The molecular weight excluding hydrogens is 435 g/mol. The van der Waals surface area contributed by atoms with Crippen LogP contribution in [0.4, 0.5) is 4.39 Å². The number of rotatable bonds is 7. The Bertz CT molecular complexity index is 1240. The molecule has 1 amide bonds. The molecule has 0 spiro atoms. The molecule has 34 heavy (non-hydrogen) atoms. The third kappa shape index (κ3) is 4.55. The summed E-state index contributed by atoms with van der Waals surface area (Å²) in [7, 11) is 0. The molecule has 1 aliphatic rings. The lowest BCUT2D eigenvalue weighted by molar-refractivity contribution is -0.140. The molecule has 1 saturated heterocycles. The fraction of sp³-hybridized carbons (Fsp3) is 0.222. The molecular formula is C27H25FN2O4. The highest BCUT2D eigenvalue weighted by molar-refractivity contribution is 6.46. The standard InChI is InChI=1S/C27H25FN2O4/c1-3-13-34-21-10-8-19(9-11-21)24-23(25(31)20-7-6-17(2)22(28)14-20)26(32)27(33)30(24)16-18-5-4-12-29-15-18/h4-12,14-15,24,31H,3,13,16H2,1-2H3/b25-23+. The lowest BCUT2D eigenvalue weighted by Crippen LogP contribution is -2.29. The van der Waals surface area contributed by atoms with E-state index in [9.17, 15) is 19.1 Å². The van der Waals surface area contributed by atoms with E-state index >= 15 is 0 Å². The molecule has 2 heterocycles. The van der Waals surface area contributed by atoms with Crippen molar-refractivity contribution in [2.75, 3.05) is 6.61 Å². The Morgan fingerprint density at radius 3 is 2.56 bits per heavy atom. The van der Waals surface area contributed by atoms with Crippen molar-refractivity contribution in [3.8, 4) is 5.75 Å². The number of Topliss-reactive ketones (excluding diaryl/α,β-unsaturated/α-hetero) is 1. The number of carbonyl (C=O) groups is 2. The zero-order chi connectivity index (χ0) is 24.2. The van der Waals surface area contributed by atoms with Crippen molar-refractivity contribution in [1.29, 1.82) is 0 Å². The summed E-state index contributed by atoms with van der Waals surface area (Å²) in [6.45, 7) is 4.30. The van der Waals surface area contributed by atoms with E-state index in [2.05, 4.69) is 4.98 Å². The van der Waals surface area contributed by atoms with Gasteiger partial charge in [0.2, 0.25) is 0 Å². The largest absolute Gasteiger partial charge is 0.507 e. The van der Waals surface area contributed by atoms with Gasteiger partial charge in [-0.05, 0) is 54.3 Å². The summed E-state index contributed by atoms with van der Waals surface area (Å²) < 4.78 is 19.9. The fourth-order valence-corrected chi connectivity index (χ4v) is 3.94. The van der Waals surface area contributed by atoms with Gasteiger partial charge in [0.15, 0.2) is 0 Å². The molecule has 4 rings (SSSR count). The zero-order valence-corrected chi connectivity index (χ0v) is 19.0. The van der Waals surface area contributed by atoms with Gasteiger partial charge < -0.3 is 14.7 Å². The van der Waals surface area contributed by atoms with Crippen LogP contribution in [-0.4, -0.2) is 33.3 Å². The zero-order valence-electron chi connectivity index (χ0n) is 19.0. The predicted molar refractivity (Wildman–Crippen MR) is 125 cm³/mol. The van der Waals surface area contributed by atoms with Crippen LogP contribution in [0.1, 0.15) is 41.6 Å². The second kappa shape index (κ2) is 9.87. The van der Waals surface area contributed by atoms with E-state index in [1.54, 1.807) is 55.7 Å². The molecule has 174 valence electrons. The molecule has 0 aliphatic carbocycles. The van der Waals surface area contributed by atoms with Crippen LogP contribution in [0, 0.1) is 12.7 Å². The van der Waals surface area contributed by atoms with Gasteiger partial charge in [-0.15, -0.1) is 0 Å². The summed E-state index contributed by atoms with van der Waals surface area (Å²) in [4.78, 5) is 31.7. The molecule has 0 bridgehead atoms. The van der Waals surface area contributed by atoms with Crippen LogP contribution in [0.25, 0.3) is 5.76 Å². The van der Waals surface area contributed by atoms with Gasteiger partial charge in [-0.25, -0.2) is 4.39 Å². The van der Waals surface area contributed by atoms with Crippen LogP contribution >= 0.6 is 0 Å². The van der Waals surface area contributed by atoms with Crippen LogP contribution in [0.15, 0.2) is 72.6 Å². The average molecular weight is 461 g/mol. The Kier molecular flexibility index (Phi) is 6.72. The van der Waals surface area contributed by atoms with E-state index in [0.29, 0.717) is 23.5 Å². The molecule has 3 aromatic rings. The number of hydrogen-bond donors (Lipinski definition) is 1. The number of aromatic nitrogens is 1. The Balaban J connectivity index is 1.82. The summed E-state index contributed by atoms with van der Waals surface area (Å²) in [6.07, 6.45) is 4.10. The second-order valence-corrected chi connectivity index (χ2v) is 8.17. The minimum Gasteiger partial charge on any atom is -0.507 e. The summed E-state index contributed by atoms with van der Waals surface area (Å²) in [5.41, 5.74) is 1.82. The van der Waals surface area contributed by atoms with Crippen LogP contribution in [-0.2, 0) is 16.1 Å². The number of halogens is 1. The Morgan fingerprint density at radius 2 is 1.91 bits per heavy atom. The van der Waals surface area contributed by atoms with Gasteiger partial charge in [0.25, 0.3) is 11.7 Å². The number of hydrogen-bond acceptors (Lipinski definition) is 5. The fourth-order valence-electron chi connectivity index (χ4n) is 3.94. The highest BCUT2D eigenvalue weighted by Gasteiger charge is 2.46. The lowest BCUT2D eigenvalue weighted by atomic mass is 9.94. The van der Waals surface area contributed by atoms with Gasteiger partial charge in [-0.1, -0.05) is 37.3 Å². The molecule has 1 aromatic heterocycles. The third-order valence-electron chi connectivity index (χ3n) is 5.73. The normalized spacial score (nSPS) is 17.3. The lowest BCUT2D eigenvalue weighted by Gasteiger charge is -2.25. The average Bonchev–Trinajstić information content (AvgIpc) is 3.10. The van der Waals surface area contributed by atoms with Gasteiger partial charge >= 0.3 is 0 Å². The molecule has 6 nitrogen and oxygen atoms in total. The first-order valence-electron chi connectivity index (χ1n) is 11.1. The number of aliphatic hydroxyl groups excluding tert-OH is 1. The molecule has 7 heteroatoms. The maximum Gasteiger partial charge on any atom is 0.295 e. The van der Waals surface area contributed by atoms with E-state index in [0.717, 1.165) is 18.1 Å². The molecule has 2 aromatic carbocycles. The first kappa shape index (κ1) is 23.2. The number of aliphatic hydroxyl groups is 1.